The van der Waals surface area contributed by atoms with E-state index in [0.29, 0.717) is 0 Å². The molecular formula is C7H6ISi. The van der Waals surface area contributed by atoms with Crippen LogP contribution in [0.4, 0.5) is 0 Å². The number of rotatable bonds is 0. The van der Waals surface area contributed by atoms with Crippen LogP contribution in [-0.4, -0.2) is 10.2 Å². The number of aryl methyl sites for hydroxylation is 1. The molecule has 0 unspecified atom stereocenters. The molecule has 0 saturated heterocycles. The fourth-order valence-corrected chi connectivity index (χ4v) is 1.30. The molecule has 45 valence electrons. The zero-order valence-electron chi connectivity index (χ0n) is 5.11. The van der Waals surface area contributed by atoms with E-state index in [-0.39, 0.29) is 0 Å². The van der Waals surface area contributed by atoms with E-state index in [4.69, 9.17) is 0 Å². The van der Waals surface area contributed by atoms with Crippen LogP contribution in [0.25, 0.3) is 0 Å². The summed E-state index contributed by atoms with van der Waals surface area (Å²) in [5, 5.41) is 1.18. The molecule has 0 fully saturated rings. The van der Waals surface area contributed by atoms with Gasteiger partial charge in [-0.25, -0.2) is 0 Å². The van der Waals surface area contributed by atoms with Crippen molar-refractivity contribution >= 4 is 38.0 Å². The Kier molecular flexibility index (Phi) is 2.29. The van der Waals surface area contributed by atoms with Gasteiger partial charge in [-0.2, -0.15) is 0 Å². The van der Waals surface area contributed by atoms with Gasteiger partial charge in [0.05, 0.1) is 10.2 Å². The summed E-state index contributed by atoms with van der Waals surface area (Å²) >= 11 is 2.32. The van der Waals surface area contributed by atoms with E-state index in [9.17, 15) is 0 Å². The molecule has 0 aliphatic rings. The van der Waals surface area contributed by atoms with Gasteiger partial charge in [0.15, 0.2) is 0 Å². The van der Waals surface area contributed by atoms with E-state index in [1.165, 1.54) is 14.3 Å². The highest BCUT2D eigenvalue weighted by molar-refractivity contribution is 14.1. The first-order valence-corrected chi connectivity index (χ1v) is 4.26. The topological polar surface area (TPSA) is 0 Å². The molecule has 0 bridgehead atoms. The Morgan fingerprint density at radius 3 is 2.56 bits per heavy atom. The van der Waals surface area contributed by atoms with E-state index in [0.717, 1.165) is 0 Å². The molecule has 0 spiro atoms. The molecule has 0 amide bonds. The second-order valence-corrected chi connectivity index (χ2v) is 3.55. The highest BCUT2D eigenvalue weighted by Crippen LogP contribution is 2.05. The molecule has 1 aromatic carbocycles. The Hall–Kier alpha value is 0.167. The van der Waals surface area contributed by atoms with Crippen LogP contribution in [0.3, 0.4) is 0 Å². The van der Waals surface area contributed by atoms with Crippen LogP contribution >= 0.6 is 22.6 Å². The normalized spacial score (nSPS) is 9.67. The van der Waals surface area contributed by atoms with E-state index in [1.807, 2.05) is 12.1 Å². The summed E-state index contributed by atoms with van der Waals surface area (Å²) in [5.41, 5.74) is 1.32. The van der Waals surface area contributed by atoms with E-state index >= 15 is 0 Å². The molecule has 0 heterocycles. The molecule has 0 atom stereocenters. The molecule has 1 rings (SSSR count). The summed E-state index contributed by atoms with van der Waals surface area (Å²) in [6.45, 7) is 2.10. The van der Waals surface area contributed by atoms with Crippen LogP contribution in [0.15, 0.2) is 18.2 Å². The van der Waals surface area contributed by atoms with Crippen molar-refractivity contribution < 1.29 is 0 Å². The third kappa shape index (κ3) is 1.55. The molecular weight excluding hydrogens is 239 g/mol. The average Bonchev–Trinajstić information content (AvgIpc) is 1.83. The van der Waals surface area contributed by atoms with E-state index in [1.54, 1.807) is 0 Å². The molecule has 1 aromatic rings. The Bertz CT molecular complexity index is 200. The number of halogens is 1. The van der Waals surface area contributed by atoms with Crippen LogP contribution in [0.2, 0.25) is 0 Å². The minimum atomic E-state index is 1.18. The number of benzene rings is 1. The fraction of sp³-hybridized carbons (Fsp3) is 0.143. The van der Waals surface area contributed by atoms with Gasteiger partial charge < -0.3 is 0 Å². The average molecular weight is 245 g/mol. The van der Waals surface area contributed by atoms with Gasteiger partial charge in [-0.3, -0.25) is 0 Å². The van der Waals surface area contributed by atoms with Crippen molar-refractivity contribution in [2.24, 2.45) is 0 Å². The summed E-state index contributed by atoms with van der Waals surface area (Å²) in [6, 6.07) is 6.19. The molecule has 2 heteroatoms. The maximum absolute atomic E-state index is 3.49. The van der Waals surface area contributed by atoms with Crippen molar-refractivity contribution in [3.8, 4) is 0 Å². The quantitative estimate of drug-likeness (QED) is 0.478. The van der Waals surface area contributed by atoms with Crippen LogP contribution in [0.1, 0.15) is 5.56 Å². The lowest BCUT2D eigenvalue weighted by atomic mass is 10.2. The van der Waals surface area contributed by atoms with Crippen LogP contribution < -0.4 is 5.19 Å². The second kappa shape index (κ2) is 2.83. The molecule has 0 saturated carbocycles. The maximum atomic E-state index is 3.49. The highest BCUT2D eigenvalue weighted by atomic mass is 127. The van der Waals surface area contributed by atoms with Gasteiger partial charge in [-0.1, -0.05) is 23.4 Å². The summed E-state index contributed by atoms with van der Waals surface area (Å²) in [7, 11) is 3.49. The first-order valence-electron chi connectivity index (χ1n) is 2.68. The summed E-state index contributed by atoms with van der Waals surface area (Å²) in [6.07, 6.45) is 0. The van der Waals surface area contributed by atoms with Crippen molar-refractivity contribution in [2.45, 2.75) is 6.92 Å². The maximum Gasteiger partial charge on any atom is 0.0726 e. The Morgan fingerprint density at radius 2 is 2.11 bits per heavy atom. The molecule has 9 heavy (non-hydrogen) atoms. The molecule has 3 radical (unpaired) electrons. The van der Waals surface area contributed by atoms with Crippen molar-refractivity contribution in [2.75, 3.05) is 0 Å². The molecule has 0 aliphatic heterocycles. The van der Waals surface area contributed by atoms with Crippen LogP contribution in [0, 0.1) is 10.5 Å². The Morgan fingerprint density at radius 1 is 1.44 bits per heavy atom. The predicted octanol–water partition coefficient (Wildman–Crippen LogP) is 1.39. The predicted molar refractivity (Wildman–Crippen MR) is 49.3 cm³/mol. The fourth-order valence-electron chi connectivity index (χ4n) is 0.647. The Balaban J connectivity index is 3.25. The van der Waals surface area contributed by atoms with Crippen LogP contribution in [0.5, 0.6) is 0 Å². The van der Waals surface area contributed by atoms with Crippen molar-refractivity contribution in [3.05, 3.63) is 27.3 Å². The van der Waals surface area contributed by atoms with Crippen molar-refractivity contribution in [1.82, 2.24) is 0 Å². The summed E-state index contributed by atoms with van der Waals surface area (Å²) in [4.78, 5) is 0. The second-order valence-electron chi connectivity index (χ2n) is 1.94. The number of hydrogen-bond acceptors (Lipinski definition) is 0. The van der Waals surface area contributed by atoms with Gasteiger partial charge in [0.25, 0.3) is 0 Å². The lowest BCUT2D eigenvalue weighted by molar-refractivity contribution is 1.45. The zero-order valence-corrected chi connectivity index (χ0v) is 8.27. The van der Waals surface area contributed by atoms with Gasteiger partial charge in [0, 0.05) is 3.57 Å². The van der Waals surface area contributed by atoms with Crippen molar-refractivity contribution in [1.29, 1.82) is 0 Å². The van der Waals surface area contributed by atoms with E-state index in [2.05, 4.69) is 45.8 Å². The van der Waals surface area contributed by atoms with Crippen LogP contribution in [-0.2, 0) is 0 Å². The zero-order chi connectivity index (χ0) is 6.85. The van der Waals surface area contributed by atoms with Gasteiger partial charge >= 0.3 is 0 Å². The SMILES string of the molecule is Cc1cccc([Si])c1I. The largest absolute Gasteiger partial charge is 0.0726 e. The minimum Gasteiger partial charge on any atom is -0.0628 e. The summed E-state index contributed by atoms with van der Waals surface area (Å²) < 4.78 is 1.30. The molecule has 0 aliphatic carbocycles. The summed E-state index contributed by atoms with van der Waals surface area (Å²) in [5.74, 6) is 0. The Labute approximate surface area is 72.2 Å². The molecule has 0 aromatic heterocycles. The smallest absolute Gasteiger partial charge is 0.0628 e. The monoisotopic (exact) mass is 245 g/mol. The third-order valence-corrected chi connectivity index (χ3v) is 3.55. The lowest BCUT2D eigenvalue weighted by Crippen LogP contribution is -2.07. The van der Waals surface area contributed by atoms with Crippen molar-refractivity contribution in [3.63, 3.8) is 0 Å². The van der Waals surface area contributed by atoms with Gasteiger partial charge in [0.2, 0.25) is 0 Å². The van der Waals surface area contributed by atoms with Gasteiger partial charge in [-0.15, -0.1) is 0 Å². The third-order valence-electron chi connectivity index (χ3n) is 1.19. The lowest BCUT2D eigenvalue weighted by Gasteiger charge is -1.98. The minimum absolute atomic E-state index is 1.18. The highest BCUT2D eigenvalue weighted by Gasteiger charge is 1.93. The first kappa shape index (κ1) is 7.28. The first-order chi connectivity index (χ1) is 4.22. The molecule has 0 N–H and O–H groups in total. The van der Waals surface area contributed by atoms with Gasteiger partial charge in [0.1, 0.15) is 0 Å². The standard InChI is InChI=1S/C7H6ISi/c1-5-3-2-4-6(9)7(5)8/h2-4H,1H3. The molecule has 0 nitrogen and oxygen atoms in total. The number of hydrogen-bond donors (Lipinski definition) is 0. The van der Waals surface area contributed by atoms with E-state index < -0.39 is 0 Å². The van der Waals surface area contributed by atoms with Gasteiger partial charge in [-0.05, 0) is 35.1 Å².